The third kappa shape index (κ3) is 14.1. The van der Waals surface area contributed by atoms with Crippen LogP contribution >= 0.6 is 11.8 Å². The monoisotopic (exact) mass is 254 g/mol. The van der Waals surface area contributed by atoms with Crippen molar-refractivity contribution in [2.24, 2.45) is 0 Å². The van der Waals surface area contributed by atoms with E-state index in [1.54, 1.807) is 21.3 Å². The third-order valence-electron chi connectivity index (χ3n) is 1.33. The Morgan fingerprint density at radius 3 is 1.80 bits per heavy atom. The van der Waals surface area contributed by atoms with E-state index < -0.39 is 9.53 Å². The van der Waals surface area contributed by atoms with Crippen molar-refractivity contribution in [2.75, 3.05) is 27.1 Å². The van der Waals surface area contributed by atoms with Crippen LogP contribution in [0, 0.1) is 0 Å². The van der Waals surface area contributed by atoms with E-state index in [-0.39, 0.29) is 0 Å². The minimum absolute atomic E-state index is 0.312. The molecule has 6 heteroatoms. The molecular weight excluding hydrogens is 232 g/mol. The van der Waals surface area contributed by atoms with Gasteiger partial charge in [-0.2, -0.15) is 0 Å². The molecule has 0 aliphatic heterocycles. The standard InChI is InChI=1S/C6H12OS.C3H10O3Si/c1-3-5-8-6(7)4-2;1-4-7(5-2)6-3/h3-5H2,1-2H3;7H,1-3H3. The number of hydrogen-bond donors (Lipinski definition) is 0. The summed E-state index contributed by atoms with van der Waals surface area (Å²) in [4.78, 5) is 10.5. The van der Waals surface area contributed by atoms with Gasteiger partial charge in [-0.1, -0.05) is 25.6 Å². The maximum absolute atomic E-state index is 10.5. The number of rotatable bonds is 6. The lowest BCUT2D eigenvalue weighted by atomic mass is 10.6. The third-order valence-corrected chi connectivity index (χ3v) is 3.71. The van der Waals surface area contributed by atoms with Crippen molar-refractivity contribution in [3.8, 4) is 0 Å². The lowest BCUT2D eigenvalue weighted by Gasteiger charge is -2.05. The van der Waals surface area contributed by atoms with E-state index in [1.165, 1.54) is 11.8 Å². The summed E-state index contributed by atoms with van der Waals surface area (Å²) in [7, 11) is 3.05. The average Bonchev–Trinajstić information content (AvgIpc) is 2.29. The fraction of sp³-hybridized carbons (Fsp3) is 0.889. The van der Waals surface area contributed by atoms with E-state index in [9.17, 15) is 4.79 Å². The molecule has 0 aliphatic rings. The van der Waals surface area contributed by atoms with E-state index in [0.29, 0.717) is 11.5 Å². The topological polar surface area (TPSA) is 44.8 Å². The lowest BCUT2D eigenvalue weighted by Crippen LogP contribution is -2.21. The summed E-state index contributed by atoms with van der Waals surface area (Å²) < 4.78 is 14.2. The largest absolute Gasteiger partial charge is 0.483 e. The van der Waals surface area contributed by atoms with E-state index in [2.05, 4.69) is 6.92 Å². The molecule has 0 atom stereocenters. The molecule has 0 heterocycles. The van der Waals surface area contributed by atoms with Crippen LogP contribution < -0.4 is 0 Å². The summed E-state index contributed by atoms with van der Waals surface area (Å²) in [5, 5.41) is 0.312. The van der Waals surface area contributed by atoms with Crippen molar-refractivity contribution < 1.29 is 18.1 Å². The lowest BCUT2D eigenvalue weighted by molar-refractivity contribution is -0.110. The molecule has 0 aromatic rings. The summed E-state index contributed by atoms with van der Waals surface area (Å²) in [6.45, 7) is 3.97. The van der Waals surface area contributed by atoms with Crippen LogP contribution in [0.4, 0.5) is 0 Å². The van der Waals surface area contributed by atoms with Gasteiger partial charge in [0.15, 0.2) is 5.12 Å². The van der Waals surface area contributed by atoms with Crippen LogP contribution in [0.1, 0.15) is 26.7 Å². The highest BCUT2D eigenvalue weighted by molar-refractivity contribution is 8.13. The Morgan fingerprint density at radius 2 is 1.60 bits per heavy atom. The van der Waals surface area contributed by atoms with Gasteiger partial charge >= 0.3 is 9.53 Å². The number of carbonyl (C=O) groups is 1. The van der Waals surface area contributed by atoms with Crippen molar-refractivity contribution in [3.63, 3.8) is 0 Å². The zero-order valence-corrected chi connectivity index (χ0v) is 12.2. The van der Waals surface area contributed by atoms with Crippen molar-refractivity contribution in [2.45, 2.75) is 26.7 Å². The minimum atomic E-state index is -1.67. The Balaban J connectivity index is 0. The molecule has 0 bridgehead atoms. The Kier molecular flexibility index (Phi) is 16.5. The molecule has 0 radical (unpaired) electrons. The molecule has 0 fully saturated rings. The predicted molar refractivity (Wildman–Crippen MR) is 66.2 cm³/mol. The molecule has 0 amide bonds. The smallest absolute Gasteiger partial charge is 0.379 e. The van der Waals surface area contributed by atoms with Gasteiger partial charge in [0.25, 0.3) is 0 Å². The van der Waals surface area contributed by atoms with Crippen molar-refractivity contribution in [1.82, 2.24) is 0 Å². The van der Waals surface area contributed by atoms with Crippen LogP contribution in [0.25, 0.3) is 0 Å². The van der Waals surface area contributed by atoms with E-state index >= 15 is 0 Å². The van der Waals surface area contributed by atoms with Gasteiger partial charge in [0.1, 0.15) is 0 Å². The van der Waals surface area contributed by atoms with Crippen molar-refractivity contribution in [3.05, 3.63) is 0 Å². The van der Waals surface area contributed by atoms with Gasteiger partial charge in [-0.15, -0.1) is 0 Å². The SMILES string of the molecule is CCCSC(=O)CC.CO[SiH](OC)OC. The molecule has 0 aliphatic carbocycles. The summed E-state index contributed by atoms with van der Waals surface area (Å²) in [5.41, 5.74) is 0. The molecule has 15 heavy (non-hydrogen) atoms. The highest BCUT2D eigenvalue weighted by Gasteiger charge is 2.04. The van der Waals surface area contributed by atoms with Gasteiger partial charge in [0.2, 0.25) is 0 Å². The van der Waals surface area contributed by atoms with Gasteiger partial charge in [-0.3, -0.25) is 4.79 Å². The number of thioether (sulfide) groups is 1. The second kappa shape index (κ2) is 14.1. The highest BCUT2D eigenvalue weighted by atomic mass is 32.2. The van der Waals surface area contributed by atoms with Gasteiger partial charge in [0.05, 0.1) is 0 Å². The summed E-state index contributed by atoms with van der Waals surface area (Å²) in [6.07, 6.45) is 1.76. The quantitative estimate of drug-likeness (QED) is 0.675. The molecule has 0 unspecified atom stereocenters. The van der Waals surface area contributed by atoms with Gasteiger partial charge in [0, 0.05) is 33.5 Å². The molecular formula is C9H22O4SSi. The van der Waals surface area contributed by atoms with E-state index in [1.807, 2.05) is 6.92 Å². The first-order chi connectivity index (χ1) is 7.15. The first kappa shape index (κ1) is 17.5. The molecule has 0 spiro atoms. The van der Waals surface area contributed by atoms with Crippen molar-refractivity contribution >= 4 is 26.4 Å². The van der Waals surface area contributed by atoms with Crippen LogP contribution in [0.2, 0.25) is 0 Å². The van der Waals surface area contributed by atoms with Gasteiger partial charge in [-0.25, -0.2) is 0 Å². The Bertz CT molecular complexity index is 137. The van der Waals surface area contributed by atoms with E-state index in [0.717, 1.165) is 12.2 Å². The average molecular weight is 254 g/mol. The van der Waals surface area contributed by atoms with Crippen LogP contribution in [-0.2, 0) is 18.1 Å². The molecule has 0 aromatic carbocycles. The Labute approximate surface area is 98.6 Å². The zero-order chi connectivity index (χ0) is 12.1. The number of hydrogen-bond acceptors (Lipinski definition) is 5. The van der Waals surface area contributed by atoms with Crippen LogP contribution in [0.3, 0.4) is 0 Å². The molecule has 0 rings (SSSR count). The molecule has 0 saturated carbocycles. The summed E-state index contributed by atoms with van der Waals surface area (Å²) in [6, 6.07) is 0. The Hall–Kier alpha value is 0.117. The molecule has 4 nitrogen and oxygen atoms in total. The Morgan fingerprint density at radius 1 is 1.13 bits per heavy atom. The fourth-order valence-electron chi connectivity index (χ4n) is 0.607. The highest BCUT2D eigenvalue weighted by Crippen LogP contribution is 2.05. The molecule has 0 saturated heterocycles. The maximum Gasteiger partial charge on any atom is 0.483 e. The first-order valence-electron chi connectivity index (χ1n) is 4.90. The van der Waals surface area contributed by atoms with Crippen LogP contribution in [0.15, 0.2) is 0 Å². The van der Waals surface area contributed by atoms with Gasteiger partial charge in [-0.05, 0) is 6.42 Å². The maximum atomic E-state index is 10.5. The van der Waals surface area contributed by atoms with Crippen molar-refractivity contribution in [1.29, 1.82) is 0 Å². The number of carbonyl (C=O) groups excluding carboxylic acids is 1. The van der Waals surface area contributed by atoms with E-state index in [4.69, 9.17) is 13.3 Å². The molecule has 0 N–H and O–H groups in total. The first-order valence-corrected chi connectivity index (χ1v) is 7.30. The second-order valence-electron chi connectivity index (χ2n) is 2.57. The normalized spacial score (nSPS) is 9.73. The minimum Gasteiger partial charge on any atom is -0.379 e. The van der Waals surface area contributed by atoms with Crippen LogP contribution in [0.5, 0.6) is 0 Å². The molecule has 92 valence electrons. The molecule has 0 aromatic heterocycles. The van der Waals surface area contributed by atoms with Crippen LogP contribution in [-0.4, -0.2) is 41.7 Å². The van der Waals surface area contributed by atoms with Gasteiger partial charge < -0.3 is 13.3 Å². The predicted octanol–water partition coefficient (Wildman–Crippen LogP) is 1.71. The summed E-state index contributed by atoms with van der Waals surface area (Å²) in [5.74, 6) is 0.979. The fourth-order valence-corrected chi connectivity index (χ4v) is 1.82. The summed E-state index contributed by atoms with van der Waals surface area (Å²) >= 11 is 1.44. The zero-order valence-electron chi connectivity index (χ0n) is 10.2. The second-order valence-corrected chi connectivity index (χ2v) is 5.71.